The number of nitrogens with one attached hydrogen (secondary N) is 1. The summed E-state index contributed by atoms with van der Waals surface area (Å²) in [6, 6.07) is 9.81. The van der Waals surface area contributed by atoms with Gasteiger partial charge in [-0.1, -0.05) is 17.7 Å². The van der Waals surface area contributed by atoms with Gasteiger partial charge in [0.2, 0.25) is 15.9 Å². The lowest BCUT2D eigenvalue weighted by Gasteiger charge is -2.30. The lowest BCUT2D eigenvalue weighted by Crippen LogP contribution is -2.41. The van der Waals surface area contributed by atoms with Crippen molar-refractivity contribution in [3.8, 4) is 0 Å². The van der Waals surface area contributed by atoms with Crippen LogP contribution in [-0.4, -0.2) is 36.7 Å². The molecule has 1 saturated heterocycles. The Morgan fingerprint density at radius 2 is 1.85 bits per heavy atom. The van der Waals surface area contributed by atoms with Crippen molar-refractivity contribution in [1.82, 2.24) is 9.29 Å². The van der Waals surface area contributed by atoms with Crippen LogP contribution in [0.25, 0.3) is 0 Å². The second-order valence-electron chi connectivity index (χ2n) is 6.29. The van der Waals surface area contributed by atoms with E-state index in [4.69, 9.17) is 11.6 Å². The molecule has 26 heavy (non-hydrogen) atoms. The Labute approximate surface area is 158 Å². The summed E-state index contributed by atoms with van der Waals surface area (Å²) in [4.78, 5) is 16.8. The number of hydrogen-bond donors (Lipinski definition) is 1. The molecule has 1 N–H and O–H groups in total. The van der Waals surface area contributed by atoms with E-state index >= 15 is 0 Å². The number of sulfonamides is 1. The number of anilines is 1. The molecule has 6 nitrogen and oxygen atoms in total. The molecule has 1 aliphatic rings. The maximum atomic E-state index is 12.7. The SMILES string of the molecule is Cc1cccnc1NC(=O)C1CCN(S(=O)(=O)c2ccc(Cl)cc2)CC1. The van der Waals surface area contributed by atoms with E-state index in [1.807, 2.05) is 19.1 Å². The fraction of sp³-hybridized carbons (Fsp3) is 0.333. The molecule has 0 radical (unpaired) electrons. The minimum absolute atomic E-state index is 0.115. The Bertz CT molecular complexity index is 892. The van der Waals surface area contributed by atoms with E-state index in [1.54, 1.807) is 18.3 Å². The molecule has 8 heteroatoms. The van der Waals surface area contributed by atoms with E-state index in [0.717, 1.165) is 5.56 Å². The Hall–Kier alpha value is -1.96. The number of pyridine rings is 1. The summed E-state index contributed by atoms with van der Waals surface area (Å²) in [7, 11) is -3.56. The second kappa shape index (κ2) is 7.73. The third-order valence-corrected chi connectivity index (χ3v) is 6.69. The summed E-state index contributed by atoms with van der Waals surface area (Å²) >= 11 is 5.82. The summed E-state index contributed by atoms with van der Waals surface area (Å²) in [6.45, 7) is 2.50. The highest BCUT2D eigenvalue weighted by molar-refractivity contribution is 7.89. The minimum Gasteiger partial charge on any atom is -0.310 e. The minimum atomic E-state index is -3.56. The summed E-state index contributed by atoms with van der Waals surface area (Å²) < 4.78 is 26.8. The highest BCUT2D eigenvalue weighted by Gasteiger charge is 2.32. The first-order valence-electron chi connectivity index (χ1n) is 8.36. The van der Waals surface area contributed by atoms with Gasteiger partial charge in [0, 0.05) is 30.2 Å². The molecule has 0 atom stereocenters. The van der Waals surface area contributed by atoms with Crippen LogP contribution in [0.1, 0.15) is 18.4 Å². The highest BCUT2D eigenvalue weighted by atomic mass is 35.5. The van der Waals surface area contributed by atoms with Crippen molar-refractivity contribution in [3.05, 3.63) is 53.2 Å². The normalized spacial score (nSPS) is 16.4. The fourth-order valence-corrected chi connectivity index (χ4v) is 4.54. The van der Waals surface area contributed by atoms with Crippen LogP contribution < -0.4 is 5.32 Å². The van der Waals surface area contributed by atoms with Crippen molar-refractivity contribution in [2.45, 2.75) is 24.7 Å². The predicted molar refractivity (Wildman–Crippen MR) is 101 cm³/mol. The van der Waals surface area contributed by atoms with E-state index < -0.39 is 10.0 Å². The zero-order valence-electron chi connectivity index (χ0n) is 14.4. The van der Waals surface area contributed by atoms with Crippen molar-refractivity contribution in [2.24, 2.45) is 5.92 Å². The summed E-state index contributed by atoms with van der Waals surface area (Å²) in [6.07, 6.45) is 2.58. The van der Waals surface area contributed by atoms with E-state index in [0.29, 0.717) is 36.8 Å². The van der Waals surface area contributed by atoms with Crippen LogP contribution in [0, 0.1) is 12.8 Å². The van der Waals surface area contributed by atoms with Crippen LogP contribution in [0.3, 0.4) is 0 Å². The van der Waals surface area contributed by atoms with E-state index in [1.165, 1.54) is 16.4 Å². The second-order valence-corrected chi connectivity index (χ2v) is 8.66. The van der Waals surface area contributed by atoms with Crippen LogP contribution >= 0.6 is 11.6 Å². The average molecular weight is 394 g/mol. The number of carbonyl (C=O) groups is 1. The molecule has 1 aromatic carbocycles. The molecular weight excluding hydrogens is 374 g/mol. The van der Waals surface area contributed by atoms with Gasteiger partial charge < -0.3 is 5.32 Å². The van der Waals surface area contributed by atoms with Crippen molar-refractivity contribution in [1.29, 1.82) is 0 Å². The van der Waals surface area contributed by atoms with Gasteiger partial charge in [-0.15, -0.1) is 0 Å². The van der Waals surface area contributed by atoms with Gasteiger partial charge in [0.15, 0.2) is 0 Å². The van der Waals surface area contributed by atoms with Gasteiger partial charge in [-0.05, 0) is 55.7 Å². The molecule has 1 amide bonds. The molecule has 0 unspecified atom stereocenters. The lowest BCUT2D eigenvalue weighted by molar-refractivity contribution is -0.120. The number of nitrogens with zero attached hydrogens (tertiary/aromatic N) is 2. The number of piperidine rings is 1. The van der Waals surface area contributed by atoms with Gasteiger partial charge in [-0.3, -0.25) is 4.79 Å². The average Bonchev–Trinajstić information content (AvgIpc) is 2.64. The predicted octanol–water partition coefficient (Wildman–Crippen LogP) is 3.08. The van der Waals surface area contributed by atoms with Gasteiger partial charge in [0.25, 0.3) is 0 Å². The first-order valence-corrected chi connectivity index (χ1v) is 10.2. The Morgan fingerprint density at radius 1 is 1.19 bits per heavy atom. The first kappa shape index (κ1) is 18.8. The molecule has 1 fully saturated rings. The van der Waals surface area contributed by atoms with Crippen molar-refractivity contribution >= 4 is 33.3 Å². The molecule has 1 aliphatic heterocycles. The van der Waals surface area contributed by atoms with Crippen LogP contribution in [0.5, 0.6) is 0 Å². The molecule has 2 aromatic rings. The van der Waals surface area contributed by atoms with E-state index in [-0.39, 0.29) is 16.7 Å². The van der Waals surface area contributed by atoms with E-state index in [2.05, 4.69) is 10.3 Å². The number of rotatable bonds is 4. The number of aromatic nitrogens is 1. The topological polar surface area (TPSA) is 79.4 Å². The standard InChI is InChI=1S/C18H20ClN3O3S/c1-13-3-2-10-20-17(13)21-18(23)14-8-11-22(12-9-14)26(24,25)16-6-4-15(19)5-7-16/h2-7,10,14H,8-9,11-12H2,1H3,(H,20,21,23). The maximum absolute atomic E-state index is 12.7. The summed E-state index contributed by atoms with van der Waals surface area (Å²) in [5, 5.41) is 3.33. The molecular formula is C18H20ClN3O3S. The van der Waals surface area contributed by atoms with Gasteiger partial charge in [0.1, 0.15) is 5.82 Å². The smallest absolute Gasteiger partial charge is 0.243 e. The molecule has 1 aromatic heterocycles. The third-order valence-electron chi connectivity index (χ3n) is 4.53. The zero-order valence-corrected chi connectivity index (χ0v) is 15.9. The van der Waals surface area contributed by atoms with Crippen LogP contribution in [0.2, 0.25) is 5.02 Å². The Kier molecular flexibility index (Phi) is 5.60. The van der Waals surface area contributed by atoms with Crippen LogP contribution in [0.15, 0.2) is 47.5 Å². The van der Waals surface area contributed by atoms with Gasteiger partial charge in [-0.25, -0.2) is 13.4 Å². The van der Waals surface area contributed by atoms with Crippen molar-refractivity contribution < 1.29 is 13.2 Å². The van der Waals surface area contributed by atoms with Crippen molar-refractivity contribution in [3.63, 3.8) is 0 Å². The Balaban J connectivity index is 1.62. The van der Waals surface area contributed by atoms with E-state index in [9.17, 15) is 13.2 Å². The summed E-state index contributed by atoms with van der Waals surface area (Å²) in [5.41, 5.74) is 0.892. The fourth-order valence-electron chi connectivity index (χ4n) is 2.95. The lowest BCUT2D eigenvalue weighted by atomic mass is 9.97. The van der Waals surface area contributed by atoms with Gasteiger partial charge in [0.05, 0.1) is 4.90 Å². The van der Waals surface area contributed by atoms with Gasteiger partial charge >= 0.3 is 0 Å². The highest BCUT2D eigenvalue weighted by Crippen LogP contribution is 2.25. The number of hydrogen-bond acceptors (Lipinski definition) is 4. The van der Waals surface area contributed by atoms with Crippen molar-refractivity contribution in [2.75, 3.05) is 18.4 Å². The molecule has 0 bridgehead atoms. The monoisotopic (exact) mass is 393 g/mol. The maximum Gasteiger partial charge on any atom is 0.243 e. The first-order chi connectivity index (χ1) is 12.4. The zero-order chi connectivity index (χ0) is 18.7. The third kappa shape index (κ3) is 4.06. The Morgan fingerprint density at radius 3 is 2.46 bits per heavy atom. The number of carbonyl (C=O) groups excluding carboxylic acids is 1. The molecule has 0 saturated carbocycles. The molecule has 0 aliphatic carbocycles. The molecule has 2 heterocycles. The molecule has 138 valence electrons. The number of amides is 1. The number of benzene rings is 1. The quantitative estimate of drug-likeness (QED) is 0.865. The number of halogens is 1. The summed E-state index contributed by atoms with van der Waals surface area (Å²) in [5.74, 6) is 0.206. The number of aryl methyl sites for hydroxylation is 1. The van der Waals surface area contributed by atoms with Crippen LogP contribution in [-0.2, 0) is 14.8 Å². The largest absolute Gasteiger partial charge is 0.310 e. The molecule has 3 rings (SSSR count). The van der Waals surface area contributed by atoms with Crippen LogP contribution in [0.4, 0.5) is 5.82 Å². The van der Waals surface area contributed by atoms with Gasteiger partial charge in [-0.2, -0.15) is 4.31 Å². The molecule has 0 spiro atoms.